The highest BCUT2D eigenvalue weighted by Crippen LogP contribution is 2.26. The van der Waals surface area contributed by atoms with Crippen LogP contribution < -0.4 is 5.32 Å². The van der Waals surface area contributed by atoms with Gasteiger partial charge in [-0.3, -0.25) is 4.90 Å². The Morgan fingerprint density at radius 3 is 2.88 bits per heavy atom. The van der Waals surface area contributed by atoms with Crippen molar-refractivity contribution in [2.75, 3.05) is 18.4 Å². The highest BCUT2D eigenvalue weighted by atomic mass is 15.1. The van der Waals surface area contributed by atoms with Crippen LogP contribution in [0.25, 0.3) is 0 Å². The van der Waals surface area contributed by atoms with E-state index in [4.69, 9.17) is 0 Å². The van der Waals surface area contributed by atoms with Crippen LogP contribution in [0.15, 0.2) is 18.2 Å². The molecule has 16 heavy (non-hydrogen) atoms. The number of hydrogen-bond donors (Lipinski definition) is 1. The van der Waals surface area contributed by atoms with Crippen molar-refractivity contribution in [1.29, 1.82) is 0 Å². The fourth-order valence-corrected chi connectivity index (χ4v) is 2.38. The lowest BCUT2D eigenvalue weighted by Gasteiger charge is -2.29. The summed E-state index contributed by atoms with van der Waals surface area (Å²) in [6.45, 7) is 10.1. The second kappa shape index (κ2) is 4.88. The number of benzene rings is 1. The summed E-state index contributed by atoms with van der Waals surface area (Å²) in [7, 11) is 0. The van der Waals surface area contributed by atoms with Crippen LogP contribution in [0.5, 0.6) is 0 Å². The van der Waals surface area contributed by atoms with Gasteiger partial charge in [0, 0.05) is 24.8 Å². The van der Waals surface area contributed by atoms with Crippen LogP contribution in [0.1, 0.15) is 31.9 Å². The summed E-state index contributed by atoms with van der Waals surface area (Å²) in [5.41, 5.74) is 4.36. The molecule has 0 spiro atoms. The lowest BCUT2D eigenvalue weighted by atomic mass is 9.97. The highest BCUT2D eigenvalue weighted by Gasteiger charge is 2.17. The van der Waals surface area contributed by atoms with E-state index in [0.29, 0.717) is 6.04 Å². The van der Waals surface area contributed by atoms with Crippen molar-refractivity contribution < 1.29 is 0 Å². The Labute approximate surface area is 98.7 Å². The van der Waals surface area contributed by atoms with Crippen molar-refractivity contribution >= 4 is 5.69 Å². The van der Waals surface area contributed by atoms with Crippen molar-refractivity contribution in [2.24, 2.45) is 0 Å². The molecule has 2 rings (SSSR count). The molecule has 0 saturated carbocycles. The van der Waals surface area contributed by atoms with Gasteiger partial charge in [0.05, 0.1) is 0 Å². The van der Waals surface area contributed by atoms with Crippen LogP contribution in [0.2, 0.25) is 0 Å². The standard InChI is InChI=1S/C14H22N2/c1-4-16-9-8-13-12(10-16)6-5-7-14(13)15-11(2)3/h5-7,11,15H,4,8-10H2,1-3H3. The molecule has 0 fully saturated rings. The zero-order valence-electron chi connectivity index (χ0n) is 10.6. The first-order valence-corrected chi connectivity index (χ1v) is 6.30. The Morgan fingerprint density at radius 2 is 2.19 bits per heavy atom. The minimum Gasteiger partial charge on any atom is -0.383 e. The van der Waals surface area contributed by atoms with E-state index >= 15 is 0 Å². The molecule has 0 unspecified atom stereocenters. The zero-order chi connectivity index (χ0) is 11.5. The molecule has 1 aliphatic heterocycles. The van der Waals surface area contributed by atoms with E-state index in [1.807, 2.05) is 0 Å². The molecule has 0 bridgehead atoms. The fraction of sp³-hybridized carbons (Fsp3) is 0.571. The zero-order valence-corrected chi connectivity index (χ0v) is 10.6. The molecule has 0 amide bonds. The van der Waals surface area contributed by atoms with Gasteiger partial charge in [-0.1, -0.05) is 19.1 Å². The molecular formula is C14H22N2. The number of nitrogens with zero attached hydrogens (tertiary/aromatic N) is 1. The van der Waals surface area contributed by atoms with Gasteiger partial charge in [-0.05, 0) is 44.0 Å². The van der Waals surface area contributed by atoms with Crippen LogP contribution in [0.3, 0.4) is 0 Å². The number of fused-ring (bicyclic) bond motifs is 1. The quantitative estimate of drug-likeness (QED) is 0.839. The van der Waals surface area contributed by atoms with Crippen molar-refractivity contribution in [2.45, 2.75) is 39.8 Å². The Hall–Kier alpha value is -1.02. The predicted octanol–water partition coefficient (Wildman–Crippen LogP) is 2.88. The monoisotopic (exact) mass is 218 g/mol. The molecule has 1 aromatic rings. The minimum absolute atomic E-state index is 0.510. The molecule has 1 aliphatic rings. The average molecular weight is 218 g/mol. The third kappa shape index (κ3) is 2.38. The Bertz CT molecular complexity index is 358. The number of hydrogen-bond acceptors (Lipinski definition) is 2. The summed E-state index contributed by atoms with van der Waals surface area (Å²) < 4.78 is 0. The van der Waals surface area contributed by atoms with E-state index in [1.165, 1.54) is 29.8 Å². The summed E-state index contributed by atoms with van der Waals surface area (Å²) in [4.78, 5) is 2.50. The van der Waals surface area contributed by atoms with E-state index in [-0.39, 0.29) is 0 Å². The van der Waals surface area contributed by atoms with E-state index < -0.39 is 0 Å². The minimum atomic E-state index is 0.510. The van der Waals surface area contributed by atoms with Gasteiger partial charge < -0.3 is 5.32 Å². The first-order chi connectivity index (χ1) is 7.70. The normalized spacial score (nSPS) is 16.2. The van der Waals surface area contributed by atoms with E-state index in [9.17, 15) is 0 Å². The van der Waals surface area contributed by atoms with Crippen LogP contribution in [0, 0.1) is 0 Å². The van der Waals surface area contributed by atoms with Gasteiger partial charge in [-0.25, -0.2) is 0 Å². The Kier molecular flexibility index (Phi) is 3.49. The van der Waals surface area contributed by atoms with Crippen LogP contribution in [-0.2, 0) is 13.0 Å². The summed E-state index contributed by atoms with van der Waals surface area (Å²) in [6.07, 6.45) is 1.18. The molecule has 0 saturated heterocycles. The molecule has 1 aromatic carbocycles. The maximum Gasteiger partial charge on any atom is 0.0378 e. The van der Waals surface area contributed by atoms with Crippen molar-refractivity contribution in [3.63, 3.8) is 0 Å². The second-order valence-electron chi connectivity index (χ2n) is 4.86. The maximum absolute atomic E-state index is 3.55. The largest absolute Gasteiger partial charge is 0.383 e. The molecule has 2 nitrogen and oxygen atoms in total. The summed E-state index contributed by atoms with van der Waals surface area (Å²) in [6, 6.07) is 7.15. The summed E-state index contributed by atoms with van der Waals surface area (Å²) in [5.74, 6) is 0. The van der Waals surface area contributed by atoms with E-state index in [0.717, 1.165) is 13.1 Å². The van der Waals surface area contributed by atoms with Gasteiger partial charge in [-0.15, -0.1) is 0 Å². The first-order valence-electron chi connectivity index (χ1n) is 6.30. The Morgan fingerprint density at radius 1 is 1.38 bits per heavy atom. The van der Waals surface area contributed by atoms with Gasteiger partial charge >= 0.3 is 0 Å². The average Bonchev–Trinajstić information content (AvgIpc) is 2.28. The van der Waals surface area contributed by atoms with Crippen molar-refractivity contribution in [3.8, 4) is 0 Å². The van der Waals surface area contributed by atoms with Crippen LogP contribution >= 0.6 is 0 Å². The van der Waals surface area contributed by atoms with Crippen molar-refractivity contribution in [1.82, 2.24) is 4.90 Å². The fourth-order valence-electron chi connectivity index (χ4n) is 2.38. The van der Waals surface area contributed by atoms with Gasteiger partial charge in [0.1, 0.15) is 0 Å². The third-order valence-electron chi connectivity index (χ3n) is 3.24. The van der Waals surface area contributed by atoms with Crippen LogP contribution in [0.4, 0.5) is 5.69 Å². The molecular weight excluding hydrogens is 196 g/mol. The molecule has 1 N–H and O–H groups in total. The maximum atomic E-state index is 3.55. The smallest absolute Gasteiger partial charge is 0.0378 e. The number of anilines is 1. The predicted molar refractivity (Wildman–Crippen MR) is 69.9 cm³/mol. The molecule has 0 radical (unpaired) electrons. The topological polar surface area (TPSA) is 15.3 Å². The SMILES string of the molecule is CCN1CCc2c(cccc2NC(C)C)C1. The molecule has 1 heterocycles. The highest BCUT2D eigenvalue weighted by molar-refractivity contribution is 5.56. The number of rotatable bonds is 3. The van der Waals surface area contributed by atoms with Gasteiger partial charge in [-0.2, -0.15) is 0 Å². The van der Waals surface area contributed by atoms with Gasteiger partial charge in [0.2, 0.25) is 0 Å². The Balaban J connectivity index is 2.24. The lowest BCUT2D eigenvalue weighted by Crippen LogP contribution is -2.31. The lowest BCUT2D eigenvalue weighted by molar-refractivity contribution is 0.268. The van der Waals surface area contributed by atoms with Gasteiger partial charge in [0.15, 0.2) is 0 Å². The van der Waals surface area contributed by atoms with E-state index in [2.05, 4.69) is 49.2 Å². The molecule has 2 heteroatoms. The summed E-state index contributed by atoms with van der Waals surface area (Å²) in [5, 5.41) is 3.55. The molecule has 0 aromatic heterocycles. The van der Waals surface area contributed by atoms with Crippen molar-refractivity contribution in [3.05, 3.63) is 29.3 Å². The molecule has 0 aliphatic carbocycles. The second-order valence-corrected chi connectivity index (χ2v) is 4.86. The first kappa shape index (κ1) is 11.5. The number of nitrogens with one attached hydrogen (secondary N) is 1. The molecule has 0 atom stereocenters. The number of likely N-dealkylation sites (N-methyl/N-ethyl adjacent to an activating group) is 1. The molecule has 88 valence electrons. The van der Waals surface area contributed by atoms with Crippen LogP contribution in [-0.4, -0.2) is 24.0 Å². The third-order valence-corrected chi connectivity index (χ3v) is 3.24. The van der Waals surface area contributed by atoms with E-state index in [1.54, 1.807) is 0 Å². The van der Waals surface area contributed by atoms with Gasteiger partial charge in [0.25, 0.3) is 0 Å². The summed E-state index contributed by atoms with van der Waals surface area (Å²) >= 11 is 0.